The molecule has 0 fully saturated rings. The van der Waals surface area contributed by atoms with E-state index in [1.54, 1.807) is 25.1 Å². The van der Waals surface area contributed by atoms with Crippen LogP contribution in [0.1, 0.15) is 34.5 Å². The first kappa shape index (κ1) is 19.9. The maximum atomic E-state index is 12.1. The van der Waals surface area contributed by atoms with Gasteiger partial charge in [0.05, 0.1) is 31.4 Å². The van der Waals surface area contributed by atoms with Crippen LogP contribution in [0, 0.1) is 0 Å². The van der Waals surface area contributed by atoms with Crippen molar-refractivity contribution in [2.24, 2.45) is 4.99 Å². The summed E-state index contributed by atoms with van der Waals surface area (Å²) >= 11 is 1.48. The van der Waals surface area contributed by atoms with Crippen LogP contribution in [0.4, 0.5) is 11.4 Å². The van der Waals surface area contributed by atoms with Crippen molar-refractivity contribution in [2.75, 3.05) is 25.7 Å². The van der Waals surface area contributed by atoms with Crippen LogP contribution in [0.15, 0.2) is 53.5 Å². The van der Waals surface area contributed by atoms with Crippen molar-refractivity contribution in [3.8, 4) is 0 Å². The molecule has 1 aliphatic rings. The number of anilines is 1. The lowest BCUT2D eigenvalue weighted by Crippen LogP contribution is -2.26. The lowest BCUT2D eigenvalue weighted by Gasteiger charge is -2.29. The highest BCUT2D eigenvalue weighted by molar-refractivity contribution is 8.14. The molecule has 1 heterocycles. The summed E-state index contributed by atoms with van der Waals surface area (Å²) in [5.74, 6) is -0.697. The molecule has 2 aromatic carbocycles. The molecular formula is C21H22N2O4S. The molecule has 146 valence electrons. The second-order valence-corrected chi connectivity index (χ2v) is 7.34. The summed E-state index contributed by atoms with van der Waals surface area (Å²) in [7, 11) is 3.31. The van der Waals surface area contributed by atoms with Crippen LogP contribution < -0.4 is 4.90 Å². The van der Waals surface area contributed by atoms with Crippen molar-refractivity contribution in [1.82, 2.24) is 0 Å². The van der Waals surface area contributed by atoms with Crippen LogP contribution in [0.5, 0.6) is 0 Å². The number of nitrogens with zero attached hydrogens (tertiary/aromatic N) is 2. The van der Waals surface area contributed by atoms with Crippen LogP contribution in [0.3, 0.4) is 0 Å². The molecule has 0 saturated heterocycles. The first-order valence-electron chi connectivity index (χ1n) is 8.95. The molecule has 1 atom stereocenters. The lowest BCUT2D eigenvalue weighted by molar-refractivity contribution is -0.140. The van der Waals surface area contributed by atoms with E-state index in [2.05, 4.69) is 0 Å². The van der Waals surface area contributed by atoms with Gasteiger partial charge in [-0.25, -0.2) is 9.79 Å². The number of carbonyl (C=O) groups excluding carboxylic acids is 2. The number of carbonyl (C=O) groups is 2. The van der Waals surface area contributed by atoms with Crippen molar-refractivity contribution in [2.45, 2.75) is 18.6 Å². The molecular weight excluding hydrogens is 376 g/mol. The topological polar surface area (TPSA) is 68.2 Å². The monoisotopic (exact) mass is 398 g/mol. The summed E-state index contributed by atoms with van der Waals surface area (Å²) in [5.41, 5.74) is 3.01. The molecule has 3 rings (SSSR count). The van der Waals surface area contributed by atoms with Gasteiger partial charge in [0.1, 0.15) is 0 Å². The molecule has 1 unspecified atom stereocenters. The lowest BCUT2D eigenvalue weighted by atomic mass is 10.0. The molecule has 0 saturated carbocycles. The van der Waals surface area contributed by atoms with Crippen molar-refractivity contribution in [3.63, 3.8) is 0 Å². The van der Waals surface area contributed by atoms with E-state index in [1.165, 1.54) is 18.9 Å². The van der Waals surface area contributed by atoms with E-state index in [1.807, 2.05) is 42.3 Å². The fourth-order valence-electron chi connectivity index (χ4n) is 2.88. The molecule has 0 spiro atoms. The van der Waals surface area contributed by atoms with E-state index >= 15 is 0 Å². The zero-order valence-electron chi connectivity index (χ0n) is 16.0. The van der Waals surface area contributed by atoms with Crippen LogP contribution in [-0.2, 0) is 14.3 Å². The molecule has 1 aliphatic heterocycles. The minimum atomic E-state index is -0.386. The van der Waals surface area contributed by atoms with E-state index < -0.39 is 0 Å². The third-order valence-corrected chi connectivity index (χ3v) is 5.64. The van der Waals surface area contributed by atoms with Gasteiger partial charge in [0, 0.05) is 18.0 Å². The van der Waals surface area contributed by atoms with Gasteiger partial charge in [-0.15, -0.1) is 0 Å². The standard InChI is InChI=1S/C21H22N2O4S/c1-4-27-20(25)14-10-11-17-16(12-14)18(13-19(24)26-3)28-21(22-17)23(2)15-8-6-5-7-9-15/h5-12,18H,4,13H2,1-3H3. The maximum Gasteiger partial charge on any atom is 0.338 e. The Kier molecular flexibility index (Phi) is 6.36. The van der Waals surface area contributed by atoms with Gasteiger partial charge in [0.15, 0.2) is 5.17 Å². The number of rotatable bonds is 5. The molecule has 2 aromatic rings. The van der Waals surface area contributed by atoms with Crippen molar-refractivity contribution in [3.05, 3.63) is 59.7 Å². The first-order chi connectivity index (χ1) is 13.5. The number of fused-ring (bicyclic) bond motifs is 1. The number of benzene rings is 2. The fraction of sp³-hybridized carbons (Fsp3) is 0.286. The molecule has 7 heteroatoms. The van der Waals surface area contributed by atoms with Gasteiger partial charge in [0.2, 0.25) is 0 Å². The predicted molar refractivity (Wildman–Crippen MR) is 111 cm³/mol. The van der Waals surface area contributed by atoms with Gasteiger partial charge in [-0.05, 0) is 42.8 Å². The minimum Gasteiger partial charge on any atom is -0.469 e. The second-order valence-electron chi connectivity index (χ2n) is 6.17. The number of amidine groups is 1. The van der Waals surface area contributed by atoms with Crippen molar-refractivity contribution < 1.29 is 19.1 Å². The zero-order chi connectivity index (χ0) is 20.1. The summed E-state index contributed by atoms with van der Waals surface area (Å²) < 4.78 is 9.96. The molecule has 0 aliphatic carbocycles. The van der Waals surface area contributed by atoms with Gasteiger partial charge < -0.3 is 14.4 Å². The SMILES string of the molecule is CCOC(=O)c1ccc2c(c1)C(CC(=O)OC)SC(N(C)c1ccccc1)=N2. The van der Waals surface area contributed by atoms with E-state index in [-0.39, 0.29) is 23.6 Å². The zero-order valence-corrected chi connectivity index (χ0v) is 16.9. The number of esters is 2. The van der Waals surface area contributed by atoms with Crippen molar-refractivity contribution >= 4 is 40.2 Å². The Hall–Kier alpha value is -2.80. The summed E-state index contributed by atoms with van der Waals surface area (Å²) in [4.78, 5) is 30.8. The Morgan fingerprint density at radius 3 is 2.61 bits per heavy atom. The minimum absolute atomic E-state index is 0.183. The van der Waals surface area contributed by atoms with Gasteiger partial charge >= 0.3 is 11.9 Å². The summed E-state index contributed by atoms with van der Waals surface area (Å²) in [6.45, 7) is 2.07. The number of methoxy groups -OCH3 is 1. The molecule has 0 aromatic heterocycles. The van der Waals surface area contributed by atoms with Crippen LogP contribution >= 0.6 is 11.8 Å². The molecule has 0 amide bonds. The van der Waals surface area contributed by atoms with Gasteiger partial charge in [0.25, 0.3) is 0 Å². The average Bonchev–Trinajstić information content (AvgIpc) is 2.73. The fourth-order valence-corrected chi connectivity index (χ4v) is 4.08. The Labute approximate surface area is 168 Å². The molecule has 6 nitrogen and oxygen atoms in total. The predicted octanol–water partition coefficient (Wildman–Crippen LogP) is 4.34. The van der Waals surface area contributed by atoms with E-state index in [0.29, 0.717) is 12.2 Å². The highest BCUT2D eigenvalue weighted by Crippen LogP contribution is 2.44. The van der Waals surface area contributed by atoms with E-state index in [9.17, 15) is 9.59 Å². The Morgan fingerprint density at radius 2 is 1.93 bits per heavy atom. The van der Waals surface area contributed by atoms with E-state index in [4.69, 9.17) is 14.5 Å². The molecule has 0 N–H and O–H groups in total. The van der Waals surface area contributed by atoms with Crippen LogP contribution in [0.2, 0.25) is 0 Å². The van der Waals surface area contributed by atoms with Gasteiger partial charge in [-0.3, -0.25) is 4.79 Å². The average molecular weight is 398 g/mol. The highest BCUT2D eigenvalue weighted by atomic mass is 32.2. The highest BCUT2D eigenvalue weighted by Gasteiger charge is 2.29. The van der Waals surface area contributed by atoms with Gasteiger partial charge in [-0.1, -0.05) is 30.0 Å². The number of para-hydroxylation sites is 1. The number of hydrogen-bond donors (Lipinski definition) is 0. The Balaban J connectivity index is 1.98. The maximum absolute atomic E-state index is 12.1. The smallest absolute Gasteiger partial charge is 0.338 e. The molecule has 0 radical (unpaired) electrons. The van der Waals surface area contributed by atoms with Crippen LogP contribution in [0.25, 0.3) is 0 Å². The second kappa shape index (κ2) is 8.93. The Bertz CT molecular complexity index is 899. The summed E-state index contributed by atoms with van der Waals surface area (Å²) in [6, 6.07) is 15.1. The number of hydrogen-bond acceptors (Lipinski definition) is 7. The number of thioether (sulfide) groups is 1. The summed E-state index contributed by atoms with van der Waals surface area (Å²) in [5, 5.41) is 0.562. The first-order valence-corrected chi connectivity index (χ1v) is 9.83. The molecule has 0 bridgehead atoms. The van der Waals surface area contributed by atoms with Crippen molar-refractivity contribution in [1.29, 1.82) is 0 Å². The number of aliphatic imine (C=N–C) groups is 1. The normalized spacial score (nSPS) is 15.2. The summed E-state index contributed by atoms with van der Waals surface area (Å²) in [6.07, 6.45) is 0.183. The van der Waals surface area contributed by atoms with Gasteiger partial charge in [-0.2, -0.15) is 0 Å². The molecule has 28 heavy (non-hydrogen) atoms. The Morgan fingerprint density at radius 1 is 1.18 bits per heavy atom. The quantitative estimate of drug-likeness (QED) is 0.698. The van der Waals surface area contributed by atoms with E-state index in [0.717, 1.165) is 22.1 Å². The third-order valence-electron chi connectivity index (χ3n) is 4.36. The largest absolute Gasteiger partial charge is 0.469 e. The van der Waals surface area contributed by atoms with Crippen LogP contribution in [-0.4, -0.2) is 37.9 Å². The number of ether oxygens (including phenoxy) is 2. The third kappa shape index (κ3) is 4.36.